The standard InChI is InChI=1S/C20H21N7O3S/c1-3-15-23-24-19(31-15)22-14(28)11-27-18(29)16-17(21-12-25(16)4-2)26(20(27)30)10-13-8-6-5-7-9-13/h5-9,12H,3-4,10-11H2,1-2H3,(H,22,24,28). The van der Waals surface area contributed by atoms with E-state index in [1.807, 2.05) is 44.2 Å². The van der Waals surface area contributed by atoms with E-state index in [0.29, 0.717) is 23.7 Å². The summed E-state index contributed by atoms with van der Waals surface area (Å²) in [6, 6.07) is 9.41. The number of amides is 1. The third-order valence-corrected chi connectivity index (χ3v) is 5.81. The number of anilines is 1. The molecule has 160 valence electrons. The van der Waals surface area contributed by atoms with Crippen LogP contribution in [0.2, 0.25) is 0 Å². The van der Waals surface area contributed by atoms with Gasteiger partial charge in [-0.25, -0.2) is 14.3 Å². The third kappa shape index (κ3) is 4.04. The number of hydrogen-bond acceptors (Lipinski definition) is 7. The van der Waals surface area contributed by atoms with Gasteiger partial charge in [0, 0.05) is 6.54 Å². The van der Waals surface area contributed by atoms with Gasteiger partial charge in [0.05, 0.1) is 12.9 Å². The molecule has 0 bridgehead atoms. The lowest BCUT2D eigenvalue weighted by Crippen LogP contribution is -2.43. The molecule has 0 spiro atoms. The van der Waals surface area contributed by atoms with E-state index < -0.39 is 23.7 Å². The lowest BCUT2D eigenvalue weighted by Gasteiger charge is -2.12. The molecule has 31 heavy (non-hydrogen) atoms. The van der Waals surface area contributed by atoms with E-state index in [2.05, 4.69) is 20.5 Å². The van der Waals surface area contributed by atoms with Gasteiger partial charge >= 0.3 is 5.69 Å². The summed E-state index contributed by atoms with van der Waals surface area (Å²) in [5.74, 6) is -0.522. The smallest absolute Gasteiger partial charge is 0.325 e. The van der Waals surface area contributed by atoms with Crippen LogP contribution >= 0.6 is 11.3 Å². The van der Waals surface area contributed by atoms with Gasteiger partial charge in [-0.15, -0.1) is 10.2 Å². The van der Waals surface area contributed by atoms with Gasteiger partial charge in [-0.3, -0.25) is 19.5 Å². The van der Waals surface area contributed by atoms with Crippen LogP contribution < -0.4 is 16.6 Å². The second-order valence-corrected chi connectivity index (χ2v) is 7.91. The number of imidazole rings is 1. The van der Waals surface area contributed by atoms with Gasteiger partial charge in [-0.05, 0) is 18.9 Å². The Balaban J connectivity index is 1.76. The number of hydrogen-bond donors (Lipinski definition) is 1. The second kappa shape index (κ2) is 8.64. The highest BCUT2D eigenvalue weighted by Gasteiger charge is 2.20. The zero-order chi connectivity index (χ0) is 22.0. The molecule has 0 unspecified atom stereocenters. The van der Waals surface area contributed by atoms with E-state index in [-0.39, 0.29) is 12.1 Å². The average molecular weight is 440 g/mol. The third-order valence-electron chi connectivity index (χ3n) is 4.83. The summed E-state index contributed by atoms with van der Waals surface area (Å²) in [7, 11) is 0. The molecule has 1 amide bonds. The first-order valence-corrected chi connectivity index (χ1v) is 10.7. The molecular formula is C20H21N7O3S. The molecule has 4 rings (SSSR count). The minimum absolute atomic E-state index is 0.231. The number of nitrogens with one attached hydrogen (secondary N) is 1. The molecular weight excluding hydrogens is 418 g/mol. The largest absolute Gasteiger partial charge is 0.333 e. The zero-order valence-electron chi connectivity index (χ0n) is 17.1. The maximum Gasteiger partial charge on any atom is 0.333 e. The van der Waals surface area contributed by atoms with Crippen molar-refractivity contribution in [3.63, 3.8) is 0 Å². The molecule has 0 saturated heterocycles. The van der Waals surface area contributed by atoms with Gasteiger partial charge in [0.25, 0.3) is 5.56 Å². The number of carbonyl (C=O) groups excluding carboxylic acids is 1. The quantitative estimate of drug-likeness (QED) is 0.466. The molecule has 3 aromatic heterocycles. The molecule has 4 aromatic rings. The molecule has 0 atom stereocenters. The molecule has 10 nitrogen and oxygen atoms in total. The van der Waals surface area contributed by atoms with E-state index in [9.17, 15) is 14.4 Å². The molecule has 11 heteroatoms. The van der Waals surface area contributed by atoms with Crippen molar-refractivity contribution >= 4 is 33.5 Å². The molecule has 0 radical (unpaired) electrons. The lowest BCUT2D eigenvalue weighted by atomic mass is 10.2. The maximum absolute atomic E-state index is 13.2. The van der Waals surface area contributed by atoms with Crippen LogP contribution in [0.4, 0.5) is 5.13 Å². The number of nitrogens with zero attached hydrogens (tertiary/aromatic N) is 6. The van der Waals surface area contributed by atoms with E-state index in [1.54, 1.807) is 4.57 Å². The predicted octanol–water partition coefficient (Wildman–Crippen LogP) is 1.48. The first kappa shape index (κ1) is 20.7. The number of aromatic nitrogens is 6. The van der Waals surface area contributed by atoms with Crippen LogP contribution in [0, 0.1) is 0 Å². The van der Waals surface area contributed by atoms with Crippen LogP contribution in [0.25, 0.3) is 11.2 Å². The average Bonchev–Trinajstić information content (AvgIpc) is 3.41. The van der Waals surface area contributed by atoms with Crippen LogP contribution in [0.5, 0.6) is 0 Å². The van der Waals surface area contributed by atoms with E-state index >= 15 is 0 Å². The van der Waals surface area contributed by atoms with Crippen molar-refractivity contribution in [1.29, 1.82) is 0 Å². The minimum atomic E-state index is -0.593. The Labute approximate surface area is 180 Å². The minimum Gasteiger partial charge on any atom is -0.325 e. The summed E-state index contributed by atoms with van der Waals surface area (Å²) in [4.78, 5) is 43.2. The van der Waals surface area contributed by atoms with Crippen molar-refractivity contribution < 1.29 is 4.79 Å². The zero-order valence-corrected chi connectivity index (χ0v) is 17.9. The summed E-state index contributed by atoms with van der Waals surface area (Å²) in [6.07, 6.45) is 2.24. The topological polar surface area (TPSA) is 117 Å². The van der Waals surface area contributed by atoms with Crippen molar-refractivity contribution in [2.45, 2.75) is 39.9 Å². The van der Waals surface area contributed by atoms with Gasteiger partial charge < -0.3 is 4.57 Å². The Bertz CT molecular complexity index is 1350. The highest BCUT2D eigenvalue weighted by Crippen LogP contribution is 2.15. The highest BCUT2D eigenvalue weighted by molar-refractivity contribution is 7.15. The summed E-state index contributed by atoms with van der Waals surface area (Å²) in [6.45, 7) is 4.12. The van der Waals surface area contributed by atoms with Crippen molar-refractivity contribution in [3.05, 3.63) is 68.1 Å². The Morgan fingerprint density at radius 1 is 1.10 bits per heavy atom. The summed E-state index contributed by atoms with van der Waals surface area (Å²) in [5.41, 5.74) is 0.325. The van der Waals surface area contributed by atoms with E-state index in [0.717, 1.165) is 15.1 Å². The molecule has 0 fully saturated rings. The first-order chi connectivity index (χ1) is 15.0. The fraction of sp³-hybridized carbons (Fsp3) is 0.300. The predicted molar refractivity (Wildman–Crippen MR) is 117 cm³/mol. The highest BCUT2D eigenvalue weighted by atomic mass is 32.1. The van der Waals surface area contributed by atoms with Crippen LogP contribution in [-0.4, -0.2) is 34.8 Å². The van der Waals surface area contributed by atoms with Gasteiger partial charge in [0.15, 0.2) is 11.2 Å². The van der Waals surface area contributed by atoms with Crippen molar-refractivity contribution in [1.82, 2.24) is 28.9 Å². The summed E-state index contributed by atoms with van der Waals surface area (Å²) in [5, 5.41) is 11.6. The molecule has 0 aliphatic rings. The van der Waals surface area contributed by atoms with Crippen molar-refractivity contribution in [3.8, 4) is 0 Å². The van der Waals surface area contributed by atoms with Crippen LogP contribution in [0.15, 0.2) is 46.2 Å². The molecule has 0 aliphatic carbocycles. The number of carbonyl (C=O) groups is 1. The molecule has 1 N–H and O–H groups in total. The van der Waals surface area contributed by atoms with Crippen LogP contribution in [0.1, 0.15) is 24.4 Å². The van der Waals surface area contributed by atoms with E-state index in [4.69, 9.17) is 0 Å². The Morgan fingerprint density at radius 3 is 2.55 bits per heavy atom. The van der Waals surface area contributed by atoms with E-state index in [1.165, 1.54) is 22.2 Å². The SMILES string of the molecule is CCc1nnc(NC(=O)Cn2c(=O)c3c(ncn3CC)n(Cc3ccccc3)c2=O)s1. The van der Waals surface area contributed by atoms with Crippen LogP contribution in [-0.2, 0) is 30.8 Å². The normalized spacial score (nSPS) is 11.2. The first-order valence-electron chi connectivity index (χ1n) is 9.86. The van der Waals surface area contributed by atoms with Crippen molar-refractivity contribution in [2.75, 3.05) is 5.32 Å². The Kier molecular flexibility index (Phi) is 5.76. The Hall–Kier alpha value is -3.60. The van der Waals surface area contributed by atoms with Crippen molar-refractivity contribution in [2.24, 2.45) is 0 Å². The lowest BCUT2D eigenvalue weighted by molar-refractivity contribution is -0.116. The molecule has 3 heterocycles. The monoisotopic (exact) mass is 439 g/mol. The number of fused-ring (bicyclic) bond motifs is 1. The van der Waals surface area contributed by atoms with Crippen LogP contribution in [0.3, 0.4) is 0 Å². The second-order valence-electron chi connectivity index (χ2n) is 6.85. The molecule has 0 aliphatic heterocycles. The Morgan fingerprint density at radius 2 is 1.87 bits per heavy atom. The fourth-order valence-corrected chi connectivity index (χ4v) is 3.97. The number of rotatable bonds is 7. The maximum atomic E-state index is 13.2. The van der Waals surface area contributed by atoms with Gasteiger partial charge in [0.1, 0.15) is 11.6 Å². The number of aryl methyl sites for hydroxylation is 2. The van der Waals surface area contributed by atoms with Gasteiger partial charge in [0.2, 0.25) is 11.0 Å². The molecule has 1 aromatic carbocycles. The summed E-state index contributed by atoms with van der Waals surface area (Å²) >= 11 is 1.26. The fourth-order valence-electron chi connectivity index (χ4n) is 3.28. The summed E-state index contributed by atoms with van der Waals surface area (Å²) < 4.78 is 4.03. The number of benzene rings is 1. The molecule has 0 saturated carbocycles. The van der Waals surface area contributed by atoms with Gasteiger partial charge in [-0.2, -0.15) is 0 Å². The van der Waals surface area contributed by atoms with Gasteiger partial charge in [-0.1, -0.05) is 48.6 Å².